The first-order valence-electron chi connectivity index (χ1n) is 17.5. The Morgan fingerprint density at radius 2 is 1.72 bits per heavy atom. The van der Waals surface area contributed by atoms with Crippen molar-refractivity contribution in [2.45, 2.75) is 149 Å². The number of carbonyl (C=O) groups excluding carboxylic acids is 1. The van der Waals surface area contributed by atoms with Crippen LogP contribution in [-0.4, -0.2) is 92.0 Å². The summed E-state index contributed by atoms with van der Waals surface area (Å²) in [5.74, 6) is 0.868. The number of rotatable bonds is 9. The van der Waals surface area contributed by atoms with Crippen LogP contribution in [0.25, 0.3) is 0 Å². The summed E-state index contributed by atoms with van der Waals surface area (Å²) >= 11 is 0. The standard InChI is InChI=1S/C37H60O9/c1-20(9-10-21(2)33(3,4)44)22-11-16-37(8)28-23(12-15-36(22,37)7)34(5)14-13-27(35(6,19-39)26(34)17-24(28)40)46-32-31(43)30(42)29(41)25(18-38)45-32/h20,22,25-27,29-32,38-39,41-44H,2,9-19H2,1,3-8H3/t20-,22-,25-,26-,27+,29-,30+,31-,32+,34-,35+,36-,37+/m1/s1. The third-order valence-electron chi connectivity index (χ3n) is 14.3. The molecule has 0 aromatic carbocycles. The fraction of sp³-hybridized carbons (Fsp3) is 0.865. The molecule has 5 rings (SSSR count). The maximum atomic E-state index is 14.5. The molecule has 1 aliphatic heterocycles. The SMILES string of the molecule is C=C(CC[C@@H](C)[C@H]1CC[C@@]2(C)C3=C(CC[C@]12C)[C@@]1(C)CC[C@H](O[C@@H]2O[C@H](CO)[C@@H](O)[C@H](O)[C@H]2O)[C@@](C)(CO)[C@@H]1CC3=O)C(C)(C)O. The Labute approximate surface area is 275 Å². The van der Waals surface area contributed by atoms with Gasteiger partial charge in [0.25, 0.3) is 0 Å². The number of aliphatic hydroxyl groups excluding tert-OH is 5. The molecule has 0 aromatic rings. The number of ether oxygens (including phenoxy) is 2. The Kier molecular flexibility index (Phi) is 9.66. The smallest absolute Gasteiger partial charge is 0.186 e. The van der Waals surface area contributed by atoms with Crippen LogP contribution in [0.3, 0.4) is 0 Å². The van der Waals surface area contributed by atoms with Gasteiger partial charge in [0.2, 0.25) is 0 Å². The van der Waals surface area contributed by atoms with E-state index >= 15 is 0 Å². The Bertz CT molecular complexity index is 1220. The zero-order valence-corrected chi connectivity index (χ0v) is 29.1. The molecule has 5 aliphatic rings. The highest BCUT2D eigenvalue weighted by molar-refractivity contribution is 5.99. The van der Waals surface area contributed by atoms with Crippen molar-refractivity contribution < 1.29 is 44.9 Å². The van der Waals surface area contributed by atoms with Crippen LogP contribution < -0.4 is 0 Å². The van der Waals surface area contributed by atoms with E-state index in [1.54, 1.807) is 13.8 Å². The zero-order valence-electron chi connectivity index (χ0n) is 29.1. The largest absolute Gasteiger partial charge is 0.396 e. The van der Waals surface area contributed by atoms with Crippen LogP contribution in [0.2, 0.25) is 0 Å². The minimum atomic E-state index is -1.55. The Morgan fingerprint density at radius 1 is 1.04 bits per heavy atom. The monoisotopic (exact) mass is 648 g/mol. The van der Waals surface area contributed by atoms with Crippen molar-refractivity contribution >= 4 is 5.78 Å². The molecule has 6 N–H and O–H groups in total. The third-order valence-corrected chi connectivity index (χ3v) is 14.3. The average molecular weight is 649 g/mol. The summed E-state index contributed by atoms with van der Waals surface area (Å²) in [4.78, 5) is 14.5. The number of ketones is 1. The minimum Gasteiger partial charge on any atom is -0.396 e. The van der Waals surface area contributed by atoms with Crippen molar-refractivity contribution in [2.24, 2.45) is 39.4 Å². The normalized spacial score (nSPS) is 46.8. The lowest BCUT2D eigenvalue weighted by atomic mass is 9.43. The van der Waals surface area contributed by atoms with Gasteiger partial charge in [-0.3, -0.25) is 4.79 Å². The van der Waals surface area contributed by atoms with E-state index in [2.05, 4.69) is 34.3 Å². The van der Waals surface area contributed by atoms with Crippen molar-refractivity contribution in [1.82, 2.24) is 0 Å². The lowest BCUT2D eigenvalue weighted by molar-refractivity contribution is -0.328. The second-order valence-electron chi connectivity index (χ2n) is 17.0. The molecule has 9 heteroatoms. The molecule has 0 aromatic heterocycles. The molecule has 13 atom stereocenters. The number of carbonyl (C=O) groups is 1. The molecule has 1 heterocycles. The summed E-state index contributed by atoms with van der Waals surface area (Å²) in [6, 6.07) is 0. The van der Waals surface area contributed by atoms with Gasteiger partial charge in [-0.25, -0.2) is 0 Å². The predicted molar refractivity (Wildman–Crippen MR) is 173 cm³/mol. The van der Waals surface area contributed by atoms with Gasteiger partial charge in [0, 0.05) is 22.8 Å². The van der Waals surface area contributed by atoms with Crippen LogP contribution >= 0.6 is 0 Å². The van der Waals surface area contributed by atoms with Gasteiger partial charge in [0.05, 0.1) is 24.9 Å². The van der Waals surface area contributed by atoms with E-state index in [1.807, 2.05) is 6.92 Å². The lowest BCUT2D eigenvalue weighted by Gasteiger charge is -2.62. The molecule has 9 nitrogen and oxygen atoms in total. The maximum absolute atomic E-state index is 14.5. The highest BCUT2D eigenvalue weighted by atomic mass is 16.7. The van der Waals surface area contributed by atoms with Gasteiger partial charge in [0.15, 0.2) is 12.1 Å². The van der Waals surface area contributed by atoms with Gasteiger partial charge in [-0.05, 0) is 99.4 Å². The highest BCUT2D eigenvalue weighted by Gasteiger charge is 2.66. The van der Waals surface area contributed by atoms with Gasteiger partial charge < -0.3 is 40.1 Å². The first-order valence-corrected chi connectivity index (χ1v) is 17.5. The molecule has 262 valence electrons. The Balaban J connectivity index is 1.41. The molecule has 2 saturated carbocycles. The molecule has 0 radical (unpaired) electrons. The summed E-state index contributed by atoms with van der Waals surface area (Å²) in [5, 5.41) is 62.3. The zero-order chi connectivity index (χ0) is 34.2. The van der Waals surface area contributed by atoms with Crippen LogP contribution in [0.4, 0.5) is 0 Å². The maximum Gasteiger partial charge on any atom is 0.186 e. The van der Waals surface area contributed by atoms with Crippen LogP contribution in [0.1, 0.15) is 106 Å². The number of aliphatic hydroxyl groups is 6. The summed E-state index contributed by atoms with van der Waals surface area (Å²) in [7, 11) is 0. The molecule has 0 unspecified atom stereocenters. The second-order valence-corrected chi connectivity index (χ2v) is 17.0. The van der Waals surface area contributed by atoms with Gasteiger partial charge in [-0.1, -0.05) is 46.8 Å². The van der Waals surface area contributed by atoms with Gasteiger partial charge in [-0.15, -0.1) is 0 Å². The van der Waals surface area contributed by atoms with Crippen LogP contribution in [-0.2, 0) is 14.3 Å². The van der Waals surface area contributed by atoms with E-state index in [0.717, 1.165) is 56.1 Å². The van der Waals surface area contributed by atoms with Crippen molar-refractivity contribution in [3.63, 3.8) is 0 Å². The number of allylic oxidation sites excluding steroid dienone is 2. The molecule has 4 aliphatic carbocycles. The quantitative estimate of drug-likeness (QED) is 0.205. The fourth-order valence-electron chi connectivity index (χ4n) is 10.8. The number of Topliss-reactive ketones (excluding diaryl/α,β-unsaturated/α-hetero) is 1. The van der Waals surface area contributed by atoms with Gasteiger partial charge in [-0.2, -0.15) is 0 Å². The Morgan fingerprint density at radius 3 is 2.33 bits per heavy atom. The summed E-state index contributed by atoms with van der Waals surface area (Å²) in [5.41, 5.74) is 0.846. The van der Waals surface area contributed by atoms with Gasteiger partial charge >= 0.3 is 0 Å². The molecule has 1 saturated heterocycles. The third kappa shape index (κ3) is 5.40. The average Bonchev–Trinajstić information content (AvgIpc) is 3.28. The van der Waals surface area contributed by atoms with E-state index in [1.165, 1.54) is 5.57 Å². The molecule has 3 fully saturated rings. The summed E-state index contributed by atoms with van der Waals surface area (Å²) in [6.45, 7) is 18.2. The molecular weight excluding hydrogens is 588 g/mol. The molecule has 0 spiro atoms. The van der Waals surface area contributed by atoms with E-state index in [0.29, 0.717) is 24.7 Å². The first-order chi connectivity index (χ1) is 21.3. The molecule has 0 bridgehead atoms. The fourth-order valence-corrected chi connectivity index (χ4v) is 10.8. The topological polar surface area (TPSA) is 157 Å². The highest BCUT2D eigenvalue weighted by Crippen LogP contribution is 2.72. The van der Waals surface area contributed by atoms with Crippen LogP contribution in [0, 0.1) is 39.4 Å². The second kappa shape index (κ2) is 12.3. The van der Waals surface area contributed by atoms with Crippen molar-refractivity contribution in [3.05, 3.63) is 23.3 Å². The number of hydrogen-bond acceptors (Lipinski definition) is 9. The summed E-state index contributed by atoms with van der Waals surface area (Å²) in [6.07, 6.45) is -0.287. The van der Waals surface area contributed by atoms with E-state index in [-0.39, 0.29) is 34.6 Å². The predicted octanol–water partition coefficient (Wildman–Crippen LogP) is 3.82. The van der Waals surface area contributed by atoms with E-state index in [9.17, 15) is 35.4 Å². The van der Waals surface area contributed by atoms with E-state index < -0.39 is 54.4 Å². The van der Waals surface area contributed by atoms with E-state index in [4.69, 9.17) is 9.47 Å². The minimum absolute atomic E-state index is 0.0239. The Hall–Kier alpha value is -1.17. The van der Waals surface area contributed by atoms with Crippen molar-refractivity contribution in [1.29, 1.82) is 0 Å². The summed E-state index contributed by atoms with van der Waals surface area (Å²) < 4.78 is 12.0. The lowest BCUT2D eigenvalue weighted by Crippen LogP contribution is -2.63. The van der Waals surface area contributed by atoms with Gasteiger partial charge in [0.1, 0.15) is 24.4 Å². The molecular formula is C37H60O9. The van der Waals surface area contributed by atoms with Crippen LogP contribution in [0.5, 0.6) is 0 Å². The van der Waals surface area contributed by atoms with Crippen molar-refractivity contribution in [3.8, 4) is 0 Å². The molecule has 0 amide bonds. The van der Waals surface area contributed by atoms with Crippen molar-refractivity contribution in [2.75, 3.05) is 13.2 Å². The number of hydrogen-bond donors (Lipinski definition) is 6. The first kappa shape index (κ1) is 36.1. The number of fused-ring (bicyclic) bond motifs is 4. The van der Waals surface area contributed by atoms with Crippen LogP contribution in [0.15, 0.2) is 23.3 Å². The molecule has 46 heavy (non-hydrogen) atoms.